The SMILES string of the molecule is CCCNCC1CCCN(C)C1c1cc(C)ccc1F. The van der Waals surface area contributed by atoms with Crippen molar-refractivity contribution in [2.75, 3.05) is 26.7 Å². The molecule has 1 aliphatic heterocycles. The fraction of sp³-hybridized carbons (Fsp3) is 0.647. The molecular weight excluding hydrogens is 251 g/mol. The standard InChI is InChI=1S/C17H27FN2/c1-4-9-19-12-14-6-5-10-20(3)17(14)15-11-13(2)7-8-16(15)18/h7-8,11,14,17,19H,4-6,9-10,12H2,1-3H3. The Kier molecular flexibility index (Phi) is 5.55. The molecule has 0 aliphatic carbocycles. The zero-order valence-corrected chi connectivity index (χ0v) is 13.0. The van der Waals surface area contributed by atoms with Gasteiger partial charge in [-0.1, -0.05) is 24.6 Å². The molecule has 20 heavy (non-hydrogen) atoms. The third kappa shape index (κ3) is 3.58. The molecule has 0 amide bonds. The lowest BCUT2D eigenvalue weighted by Gasteiger charge is -2.40. The Labute approximate surface area is 122 Å². The van der Waals surface area contributed by atoms with Crippen LogP contribution in [0.2, 0.25) is 0 Å². The molecule has 2 rings (SSSR count). The van der Waals surface area contributed by atoms with Crippen LogP contribution in [0.3, 0.4) is 0 Å². The summed E-state index contributed by atoms with van der Waals surface area (Å²) in [5.74, 6) is 0.437. The van der Waals surface area contributed by atoms with E-state index in [-0.39, 0.29) is 11.9 Å². The van der Waals surface area contributed by atoms with Crippen molar-refractivity contribution < 1.29 is 4.39 Å². The molecule has 112 valence electrons. The van der Waals surface area contributed by atoms with E-state index in [1.807, 2.05) is 19.1 Å². The van der Waals surface area contributed by atoms with Gasteiger partial charge in [0, 0.05) is 11.6 Å². The smallest absolute Gasteiger partial charge is 0.128 e. The van der Waals surface area contributed by atoms with Gasteiger partial charge in [0.2, 0.25) is 0 Å². The lowest BCUT2D eigenvalue weighted by atomic mass is 9.84. The zero-order valence-electron chi connectivity index (χ0n) is 13.0. The second kappa shape index (κ2) is 7.19. The molecule has 2 unspecified atom stereocenters. The fourth-order valence-corrected chi connectivity index (χ4v) is 3.32. The van der Waals surface area contributed by atoms with Gasteiger partial charge in [0.25, 0.3) is 0 Å². The largest absolute Gasteiger partial charge is 0.316 e. The monoisotopic (exact) mass is 278 g/mol. The summed E-state index contributed by atoms with van der Waals surface area (Å²) in [7, 11) is 2.12. The first-order chi connectivity index (χ1) is 9.63. The van der Waals surface area contributed by atoms with Gasteiger partial charge in [-0.05, 0) is 64.9 Å². The van der Waals surface area contributed by atoms with E-state index in [0.717, 1.165) is 37.2 Å². The maximum Gasteiger partial charge on any atom is 0.128 e. The summed E-state index contributed by atoms with van der Waals surface area (Å²) in [5, 5.41) is 3.51. The first kappa shape index (κ1) is 15.5. The van der Waals surface area contributed by atoms with Crippen molar-refractivity contribution in [2.24, 2.45) is 5.92 Å². The topological polar surface area (TPSA) is 15.3 Å². The molecule has 0 saturated carbocycles. The first-order valence-corrected chi connectivity index (χ1v) is 7.80. The molecule has 0 aromatic heterocycles. The second-order valence-electron chi connectivity index (χ2n) is 6.06. The van der Waals surface area contributed by atoms with Gasteiger partial charge in [-0.3, -0.25) is 4.90 Å². The van der Waals surface area contributed by atoms with Crippen LogP contribution in [-0.2, 0) is 0 Å². The van der Waals surface area contributed by atoms with E-state index in [2.05, 4.69) is 24.2 Å². The van der Waals surface area contributed by atoms with Crippen LogP contribution >= 0.6 is 0 Å². The Balaban J connectivity index is 2.20. The average molecular weight is 278 g/mol. The Morgan fingerprint density at radius 2 is 2.20 bits per heavy atom. The van der Waals surface area contributed by atoms with Crippen molar-refractivity contribution in [3.63, 3.8) is 0 Å². The summed E-state index contributed by atoms with van der Waals surface area (Å²) in [6.45, 7) is 7.30. The van der Waals surface area contributed by atoms with Crippen LogP contribution in [-0.4, -0.2) is 31.6 Å². The Morgan fingerprint density at radius 1 is 1.40 bits per heavy atom. The van der Waals surface area contributed by atoms with E-state index in [0.29, 0.717) is 5.92 Å². The van der Waals surface area contributed by atoms with Crippen LogP contribution in [0.4, 0.5) is 4.39 Å². The quantitative estimate of drug-likeness (QED) is 0.829. The third-order valence-corrected chi connectivity index (χ3v) is 4.31. The van der Waals surface area contributed by atoms with Crippen LogP contribution in [0, 0.1) is 18.7 Å². The summed E-state index contributed by atoms with van der Waals surface area (Å²) < 4.78 is 14.2. The van der Waals surface area contributed by atoms with Gasteiger partial charge in [0.05, 0.1) is 0 Å². The lowest BCUT2D eigenvalue weighted by Crippen LogP contribution is -2.41. The van der Waals surface area contributed by atoms with Gasteiger partial charge in [-0.25, -0.2) is 4.39 Å². The van der Waals surface area contributed by atoms with Crippen molar-refractivity contribution in [2.45, 2.75) is 39.2 Å². The number of halogens is 1. The molecule has 1 saturated heterocycles. The molecule has 0 spiro atoms. The molecule has 0 radical (unpaired) electrons. The van der Waals surface area contributed by atoms with Crippen molar-refractivity contribution in [1.82, 2.24) is 10.2 Å². The molecule has 1 aromatic carbocycles. The molecule has 2 atom stereocenters. The maximum absolute atomic E-state index is 14.2. The molecule has 1 fully saturated rings. The summed E-state index contributed by atoms with van der Waals surface area (Å²) in [5.41, 5.74) is 2.01. The molecule has 0 bridgehead atoms. The number of hydrogen-bond donors (Lipinski definition) is 1. The van der Waals surface area contributed by atoms with E-state index in [4.69, 9.17) is 0 Å². The number of piperidine rings is 1. The minimum atomic E-state index is -0.0603. The minimum Gasteiger partial charge on any atom is -0.316 e. The second-order valence-corrected chi connectivity index (χ2v) is 6.06. The highest BCUT2D eigenvalue weighted by Gasteiger charge is 2.31. The molecule has 3 heteroatoms. The molecule has 1 aliphatic rings. The van der Waals surface area contributed by atoms with Crippen molar-refractivity contribution in [3.05, 3.63) is 35.1 Å². The third-order valence-electron chi connectivity index (χ3n) is 4.31. The van der Waals surface area contributed by atoms with E-state index in [1.54, 1.807) is 6.07 Å². The van der Waals surface area contributed by atoms with Gasteiger partial charge in [0.15, 0.2) is 0 Å². The van der Waals surface area contributed by atoms with Gasteiger partial charge >= 0.3 is 0 Å². The lowest BCUT2D eigenvalue weighted by molar-refractivity contribution is 0.116. The number of rotatable bonds is 5. The molecule has 1 heterocycles. The molecule has 1 N–H and O–H groups in total. The zero-order chi connectivity index (χ0) is 14.5. The summed E-state index contributed by atoms with van der Waals surface area (Å²) >= 11 is 0. The maximum atomic E-state index is 14.2. The van der Waals surface area contributed by atoms with Crippen molar-refractivity contribution in [3.8, 4) is 0 Å². The number of aryl methyl sites for hydroxylation is 1. The van der Waals surface area contributed by atoms with Crippen LogP contribution < -0.4 is 5.32 Å². The summed E-state index contributed by atoms with van der Waals surface area (Å²) in [6.07, 6.45) is 3.53. The number of likely N-dealkylation sites (tertiary alicyclic amines) is 1. The van der Waals surface area contributed by atoms with Gasteiger partial charge in [-0.2, -0.15) is 0 Å². The number of hydrogen-bond acceptors (Lipinski definition) is 2. The van der Waals surface area contributed by atoms with Gasteiger partial charge in [-0.15, -0.1) is 0 Å². The van der Waals surface area contributed by atoms with Gasteiger partial charge in [0.1, 0.15) is 5.82 Å². The summed E-state index contributed by atoms with van der Waals surface area (Å²) in [6, 6.07) is 5.69. The number of nitrogens with one attached hydrogen (secondary N) is 1. The Morgan fingerprint density at radius 3 is 2.95 bits per heavy atom. The molecule has 1 aromatic rings. The highest BCUT2D eigenvalue weighted by atomic mass is 19.1. The highest BCUT2D eigenvalue weighted by molar-refractivity contribution is 5.28. The highest BCUT2D eigenvalue weighted by Crippen LogP contribution is 2.36. The van der Waals surface area contributed by atoms with E-state index in [9.17, 15) is 4.39 Å². The first-order valence-electron chi connectivity index (χ1n) is 7.80. The number of nitrogens with zero attached hydrogens (tertiary/aromatic N) is 1. The van der Waals surface area contributed by atoms with Crippen molar-refractivity contribution >= 4 is 0 Å². The van der Waals surface area contributed by atoms with E-state index < -0.39 is 0 Å². The minimum absolute atomic E-state index is 0.0603. The van der Waals surface area contributed by atoms with Crippen LogP contribution in [0.1, 0.15) is 43.4 Å². The normalized spacial score (nSPS) is 24.0. The Bertz CT molecular complexity index is 433. The molecule has 2 nitrogen and oxygen atoms in total. The average Bonchev–Trinajstić information content (AvgIpc) is 2.42. The van der Waals surface area contributed by atoms with Crippen molar-refractivity contribution in [1.29, 1.82) is 0 Å². The Hall–Kier alpha value is -0.930. The van der Waals surface area contributed by atoms with Crippen LogP contribution in [0.15, 0.2) is 18.2 Å². The van der Waals surface area contributed by atoms with Crippen LogP contribution in [0.5, 0.6) is 0 Å². The van der Waals surface area contributed by atoms with Crippen LogP contribution in [0.25, 0.3) is 0 Å². The van der Waals surface area contributed by atoms with E-state index in [1.165, 1.54) is 12.8 Å². The van der Waals surface area contributed by atoms with Gasteiger partial charge < -0.3 is 5.32 Å². The van der Waals surface area contributed by atoms with E-state index >= 15 is 0 Å². The fourth-order valence-electron chi connectivity index (χ4n) is 3.32. The predicted octanol–water partition coefficient (Wildman–Crippen LogP) is 3.52. The number of benzene rings is 1. The summed E-state index contributed by atoms with van der Waals surface area (Å²) in [4.78, 5) is 2.32. The predicted molar refractivity (Wildman–Crippen MR) is 82.4 cm³/mol. The molecular formula is C17H27FN2.